The molecule has 0 aromatic heterocycles. The maximum absolute atomic E-state index is 14.4. The lowest BCUT2D eigenvalue weighted by molar-refractivity contribution is -0.138. The second-order valence-corrected chi connectivity index (χ2v) is 12.2. The van der Waals surface area contributed by atoms with E-state index < -0.39 is 23.5 Å². The molecule has 0 saturated heterocycles. The number of hydrogen-bond acceptors (Lipinski definition) is 7. The van der Waals surface area contributed by atoms with E-state index in [9.17, 15) is 26.3 Å². The first-order valence-electron chi connectivity index (χ1n) is 17.2. The number of halogens is 6. The van der Waals surface area contributed by atoms with E-state index >= 15 is 0 Å². The summed E-state index contributed by atoms with van der Waals surface area (Å²) in [7, 11) is 0. The van der Waals surface area contributed by atoms with Gasteiger partial charge in [-0.2, -0.15) is 26.3 Å². The first-order valence-corrected chi connectivity index (χ1v) is 17.2. The van der Waals surface area contributed by atoms with Crippen LogP contribution in [0.2, 0.25) is 0 Å². The molecule has 0 saturated carbocycles. The van der Waals surface area contributed by atoms with Crippen molar-refractivity contribution in [3.63, 3.8) is 0 Å². The van der Waals surface area contributed by atoms with Crippen LogP contribution < -0.4 is 36.1 Å². The van der Waals surface area contributed by atoms with Crippen molar-refractivity contribution in [3.05, 3.63) is 83.9 Å². The fourth-order valence-corrected chi connectivity index (χ4v) is 5.21. The smallest absolute Gasteiger partial charge is 0.416 e. The zero-order valence-corrected chi connectivity index (χ0v) is 29.0. The van der Waals surface area contributed by atoms with Crippen LogP contribution in [0, 0.1) is 0 Å². The fourth-order valence-electron chi connectivity index (χ4n) is 5.21. The van der Waals surface area contributed by atoms with Crippen LogP contribution in [0.4, 0.5) is 26.3 Å². The van der Waals surface area contributed by atoms with Crippen molar-refractivity contribution < 1.29 is 45.3 Å². The van der Waals surface area contributed by atoms with Gasteiger partial charge in [0.15, 0.2) is 0 Å². The Morgan fingerprint density at radius 3 is 0.923 bits per heavy atom. The van der Waals surface area contributed by atoms with Crippen LogP contribution in [0.3, 0.4) is 0 Å². The van der Waals surface area contributed by atoms with Gasteiger partial charge in [0.2, 0.25) is 0 Å². The highest BCUT2D eigenvalue weighted by Crippen LogP contribution is 2.42. The number of rotatable bonds is 19. The fraction of sp³-hybridized carbons (Fsp3) is 0.385. The Hall–Kier alpha value is -4.46. The number of benzene rings is 4. The van der Waals surface area contributed by atoms with Crippen molar-refractivity contribution in [2.45, 2.75) is 51.4 Å². The molecule has 0 aliphatic rings. The first-order chi connectivity index (χ1) is 24.8. The Balaban J connectivity index is 1.90. The molecule has 0 unspecified atom stereocenters. The minimum absolute atomic E-state index is 0.0742. The predicted molar refractivity (Wildman–Crippen MR) is 191 cm³/mol. The van der Waals surface area contributed by atoms with E-state index in [1.807, 2.05) is 6.92 Å². The molecule has 4 aromatic carbocycles. The Kier molecular flexibility index (Phi) is 14.6. The third-order valence-corrected chi connectivity index (χ3v) is 7.90. The van der Waals surface area contributed by atoms with Gasteiger partial charge in [0, 0.05) is 12.1 Å². The van der Waals surface area contributed by atoms with E-state index in [1.165, 1.54) is 12.1 Å². The van der Waals surface area contributed by atoms with Gasteiger partial charge in [-0.25, -0.2) is 0 Å². The molecule has 7 nitrogen and oxygen atoms in total. The molecule has 0 amide bonds. The standard InChI is InChI=1S/C39H45F6N3O4/c1-2-3-10-49-34-20-30(21-35(24-34)50-11-4-7-46)28-14-26(16-32(18-28)38(40,41)42)27-15-29(19-33(17-27)39(43,44)45)31-22-36(51-12-5-8-47)25-37(23-31)52-13-6-9-48/h14-25H,2-13,46-48H2,1H3. The molecule has 6 N–H and O–H groups in total. The summed E-state index contributed by atoms with van der Waals surface area (Å²) in [5, 5.41) is 0. The van der Waals surface area contributed by atoms with Gasteiger partial charge in [-0.05, 0) is 139 Å². The number of nitrogens with two attached hydrogens (primary N) is 3. The first kappa shape index (κ1) is 40.3. The summed E-state index contributed by atoms with van der Waals surface area (Å²) >= 11 is 0. The summed E-state index contributed by atoms with van der Waals surface area (Å²) in [5.74, 6) is 1.40. The van der Waals surface area contributed by atoms with E-state index in [-0.39, 0.29) is 42.1 Å². The number of unbranched alkanes of at least 4 members (excludes halogenated alkanes) is 1. The molecule has 4 aromatic rings. The number of alkyl halides is 6. The number of ether oxygens (including phenoxy) is 4. The van der Waals surface area contributed by atoms with Crippen molar-refractivity contribution in [2.24, 2.45) is 17.2 Å². The molecule has 0 bridgehead atoms. The summed E-state index contributed by atoms with van der Waals surface area (Å²) in [6, 6.07) is 16.0. The maximum atomic E-state index is 14.4. The highest BCUT2D eigenvalue weighted by Gasteiger charge is 2.33. The van der Waals surface area contributed by atoms with E-state index in [4.69, 9.17) is 36.1 Å². The molecule has 0 fully saturated rings. The normalized spacial score (nSPS) is 11.8. The molecule has 0 radical (unpaired) electrons. The largest absolute Gasteiger partial charge is 0.493 e. The minimum atomic E-state index is -4.81. The topological polar surface area (TPSA) is 115 Å². The van der Waals surface area contributed by atoms with E-state index in [0.29, 0.717) is 79.6 Å². The van der Waals surface area contributed by atoms with Crippen LogP contribution in [0.1, 0.15) is 50.2 Å². The third kappa shape index (κ3) is 11.8. The molecule has 0 aliphatic heterocycles. The van der Waals surface area contributed by atoms with Crippen LogP contribution in [0.5, 0.6) is 23.0 Å². The number of hydrogen-bond donors (Lipinski definition) is 3. The van der Waals surface area contributed by atoms with Crippen LogP contribution in [-0.4, -0.2) is 46.1 Å². The third-order valence-electron chi connectivity index (χ3n) is 7.90. The molecule has 13 heteroatoms. The van der Waals surface area contributed by atoms with Crippen molar-refractivity contribution in [2.75, 3.05) is 46.1 Å². The SMILES string of the molecule is CCCCOc1cc(OCCCN)cc(-c2cc(-c3cc(-c4cc(OCCCN)cc(OCCCN)c4)cc(C(F)(F)F)c3)cc(C(F)(F)F)c2)c1. The van der Waals surface area contributed by atoms with Crippen molar-refractivity contribution in [1.29, 1.82) is 0 Å². The summed E-state index contributed by atoms with van der Waals surface area (Å²) in [6.45, 7) is 4.28. The average molecular weight is 734 g/mol. The zero-order chi connectivity index (χ0) is 37.7. The van der Waals surface area contributed by atoms with Gasteiger partial charge >= 0.3 is 12.4 Å². The lowest BCUT2D eigenvalue weighted by atomic mass is 9.92. The van der Waals surface area contributed by atoms with E-state index in [0.717, 1.165) is 37.1 Å². The molecule has 0 atom stereocenters. The van der Waals surface area contributed by atoms with Gasteiger partial charge in [0.05, 0.1) is 37.6 Å². The van der Waals surface area contributed by atoms with E-state index in [2.05, 4.69) is 0 Å². The Morgan fingerprint density at radius 2 is 0.673 bits per heavy atom. The molecule has 0 aliphatic carbocycles. The van der Waals surface area contributed by atoms with Crippen LogP contribution in [-0.2, 0) is 12.4 Å². The minimum Gasteiger partial charge on any atom is -0.493 e. The Bertz CT molecular complexity index is 1560. The lowest BCUT2D eigenvalue weighted by Gasteiger charge is -2.18. The summed E-state index contributed by atoms with van der Waals surface area (Å²) in [5.41, 5.74) is 15.4. The monoisotopic (exact) mass is 733 g/mol. The van der Waals surface area contributed by atoms with Gasteiger partial charge in [0.25, 0.3) is 0 Å². The highest BCUT2D eigenvalue weighted by molar-refractivity contribution is 5.80. The second kappa shape index (κ2) is 18.9. The average Bonchev–Trinajstić information content (AvgIpc) is 3.11. The maximum Gasteiger partial charge on any atom is 0.416 e. The van der Waals surface area contributed by atoms with Gasteiger partial charge in [-0.15, -0.1) is 0 Å². The molecule has 0 spiro atoms. The van der Waals surface area contributed by atoms with Gasteiger partial charge in [-0.3, -0.25) is 0 Å². The Labute approximate surface area is 300 Å². The highest BCUT2D eigenvalue weighted by atomic mass is 19.4. The Morgan fingerprint density at radius 1 is 0.404 bits per heavy atom. The molecule has 0 heterocycles. The molecule has 52 heavy (non-hydrogen) atoms. The van der Waals surface area contributed by atoms with Crippen LogP contribution >= 0.6 is 0 Å². The van der Waals surface area contributed by atoms with Crippen molar-refractivity contribution in [1.82, 2.24) is 0 Å². The van der Waals surface area contributed by atoms with Gasteiger partial charge < -0.3 is 36.1 Å². The zero-order valence-electron chi connectivity index (χ0n) is 29.0. The van der Waals surface area contributed by atoms with E-state index in [1.54, 1.807) is 36.4 Å². The lowest BCUT2D eigenvalue weighted by Crippen LogP contribution is -2.08. The summed E-state index contributed by atoms with van der Waals surface area (Å²) < 4.78 is 110. The van der Waals surface area contributed by atoms with Gasteiger partial charge in [-0.1, -0.05) is 13.3 Å². The van der Waals surface area contributed by atoms with Crippen LogP contribution in [0.25, 0.3) is 33.4 Å². The molecular formula is C39H45F6N3O4. The van der Waals surface area contributed by atoms with Crippen LogP contribution in [0.15, 0.2) is 72.8 Å². The molecule has 282 valence electrons. The van der Waals surface area contributed by atoms with Crippen molar-refractivity contribution >= 4 is 0 Å². The summed E-state index contributed by atoms with van der Waals surface area (Å²) in [6.07, 6.45) is -6.39. The van der Waals surface area contributed by atoms with Gasteiger partial charge in [0.1, 0.15) is 23.0 Å². The molecular weight excluding hydrogens is 688 g/mol. The predicted octanol–water partition coefficient (Wildman–Crippen LogP) is 9.09. The van der Waals surface area contributed by atoms with Crippen molar-refractivity contribution in [3.8, 4) is 56.4 Å². The quantitative estimate of drug-likeness (QED) is 0.0651. The summed E-state index contributed by atoms with van der Waals surface area (Å²) in [4.78, 5) is 0. The molecule has 4 rings (SSSR count). The second-order valence-electron chi connectivity index (χ2n) is 12.2.